The molecule has 0 bridgehead atoms. The summed E-state index contributed by atoms with van der Waals surface area (Å²) in [6.45, 7) is 0.545. The fraction of sp³-hybridized carbons (Fsp3) is 0.481. The van der Waals surface area contributed by atoms with E-state index in [9.17, 15) is 44.4 Å². The second kappa shape index (κ2) is 17.8. The minimum atomic E-state index is -1.59. The molecule has 0 unspecified atom stereocenters. The molecule has 0 aliphatic rings. The molecule has 0 fully saturated rings. The van der Waals surface area contributed by atoms with Crippen LogP contribution in [0.4, 0.5) is 0 Å². The first kappa shape index (κ1) is 36.0. The topological polar surface area (TPSA) is 269 Å². The van der Waals surface area contributed by atoms with Gasteiger partial charge in [0.05, 0.1) is 19.0 Å². The quantitative estimate of drug-likeness (QED) is 0.0805. The van der Waals surface area contributed by atoms with Crippen LogP contribution < -0.4 is 27.0 Å². The predicted molar refractivity (Wildman–Crippen MR) is 159 cm³/mol. The van der Waals surface area contributed by atoms with Crippen molar-refractivity contribution in [2.24, 2.45) is 5.73 Å². The van der Waals surface area contributed by atoms with Crippen LogP contribution in [0.2, 0.25) is 0 Å². The van der Waals surface area contributed by atoms with Gasteiger partial charge in [0, 0.05) is 24.7 Å². The Balaban J connectivity index is 2.21. The number of phenols is 1. The van der Waals surface area contributed by atoms with E-state index in [2.05, 4.69) is 31.2 Å². The molecular formula is C27H39N7O9S. The Labute approximate surface area is 257 Å². The third kappa shape index (κ3) is 11.5. The van der Waals surface area contributed by atoms with Crippen LogP contribution in [0.15, 0.2) is 36.8 Å². The molecule has 0 saturated heterocycles. The van der Waals surface area contributed by atoms with Crippen LogP contribution in [-0.4, -0.2) is 115 Å². The highest BCUT2D eigenvalue weighted by Crippen LogP contribution is 2.12. The Morgan fingerprint density at radius 2 is 1.55 bits per heavy atom. The van der Waals surface area contributed by atoms with Crippen molar-refractivity contribution in [2.75, 3.05) is 18.6 Å². The molecule has 0 radical (unpaired) electrons. The largest absolute Gasteiger partial charge is 0.508 e. The molecule has 0 spiro atoms. The van der Waals surface area contributed by atoms with Gasteiger partial charge in [-0.25, -0.2) is 9.78 Å². The Morgan fingerprint density at radius 3 is 2.09 bits per heavy atom. The number of aromatic hydroxyl groups is 1. The van der Waals surface area contributed by atoms with Gasteiger partial charge < -0.3 is 52.4 Å². The fourth-order valence-corrected chi connectivity index (χ4v) is 4.42. The van der Waals surface area contributed by atoms with Crippen molar-refractivity contribution < 1.29 is 44.4 Å². The third-order valence-electron chi connectivity index (χ3n) is 6.44. The van der Waals surface area contributed by atoms with Crippen LogP contribution in [0.3, 0.4) is 0 Å². The molecule has 1 aromatic heterocycles. The van der Waals surface area contributed by atoms with Gasteiger partial charge >= 0.3 is 5.97 Å². The van der Waals surface area contributed by atoms with E-state index in [1.807, 2.05) is 0 Å². The molecule has 11 N–H and O–H groups in total. The maximum absolute atomic E-state index is 13.3. The Bertz CT molecular complexity index is 1240. The number of carboxylic acids is 1. The number of nitrogens with two attached hydrogens (primary N) is 1. The number of aromatic nitrogens is 2. The zero-order valence-corrected chi connectivity index (χ0v) is 25.0. The number of aliphatic carboxylic acids is 1. The van der Waals surface area contributed by atoms with E-state index in [1.165, 1.54) is 55.5 Å². The molecule has 242 valence electrons. The molecule has 2 aromatic rings. The van der Waals surface area contributed by atoms with Crippen molar-refractivity contribution in [1.82, 2.24) is 31.2 Å². The molecule has 0 saturated carbocycles. The molecule has 17 heteroatoms. The number of imidazole rings is 1. The van der Waals surface area contributed by atoms with E-state index >= 15 is 0 Å². The van der Waals surface area contributed by atoms with Gasteiger partial charge in [-0.05, 0) is 43.0 Å². The molecule has 0 aliphatic heterocycles. The lowest BCUT2D eigenvalue weighted by atomic mass is 10.0. The maximum Gasteiger partial charge on any atom is 0.326 e. The number of aliphatic hydroxyl groups excluding tert-OH is 2. The summed E-state index contributed by atoms with van der Waals surface area (Å²) in [7, 11) is 0. The Kier molecular flexibility index (Phi) is 14.6. The molecule has 1 aromatic carbocycles. The number of H-pyrrole nitrogens is 1. The van der Waals surface area contributed by atoms with Crippen molar-refractivity contribution in [3.8, 4) is 5.75 Å². The number of aliphatic hydroxyl groups is 2. The summed E-state index contributed by atoms with van der Waals surface area (Å²) >= 11 is 1.38. The number of carbonyl (C=O) groups is 5. The molecule has 0 aliphatic carbocycles. The minimum Gasteiger partial charge on any atom is -0.508 e. The van der Waals surface area contributed by atoms with E-state index in [-0.39, 0.29) is 25.0 Å². The van der Waals surface area contributed by atoms with E-state index in [0.29, 0.717) is 17.0 Å². The molecule has 4 amide bonds. The summed E-state index contributed by atoms with van der Waals surface area (Å²) in [4.78, 5) is 70.5. The second-order valence-corrected chi connectivity index (χ2v) is 11.0. The van der Waals surface area contributed by atoms with Crippen LogP contribution in [0.25, 0.3) is 0 Å². The van der Waals surface area contributed by atoms with Gasteiger partial charge in [-0.2, -0.15) is 11.8 Å². The van der Waals surface area contributed by atoms with Crippen LogP contribution in [-0.2, 0) is 36.8 Å². The number of nitrogens with one attached hydrogen (secondary N) is 5. The van der Waals surface area contributed by atoms with Gasteiger partial charge in [0.25, 0.3) is 0 Å². The number of carboxylic acid groups (broad SMARTS) is 1. The predicted octanol–water partition coefficient (Wildman–Crippen LogP) is -2.62. The van der Waals surface area contributed by atoms with Crippen molar-refractivity contribution in [2.45, 2.75) is 62.5 Å². The zero-order chi connectivity index (χ0) is 32.8. The number of hydrogen-bond acceptors (Lipinski definition) is 11. The highest BCUT2D eigenvalue weighted by Gasteiger charge is 2.34. The average Bonchev–Trinajstić information content (AvgIpc) is 3.50. The Hall–Kier alpha value is -4.19. The Morgan fingerprint density at radius 1 is 0.932 bits per heavy atom. The highest BCUT2D eigenvalue weighted by molar-refractivity contribution is 7.98. The van der Waals surface area contributed by atoms with Crippen LogP contribution >= 0.6 is 11.8 Å². The van der Waals surface area contributed by atoms with Crippen molar-refractivity contribution in [3.05, 3.63) is 48.0 Å². The van der Waals surface area contributed by atoms with Crippen molar-refractivity contribution in [1.29, 1.82) is 0 Å². The molecule has 44 heavy (non-hydrogen) atoms. The van der Waals surface area contributed by atoms with Gasteiger partial charge in [-0.3, -0.25) is 19.2 Å². The summed E-state index contributed by atoms with van der Waals surface area (Å²) in [5.74, 6) is -4.37. The first-order chi connectivity index (χ1) is 20.9. The number of rotatable bonds is 18. The second-order valence-electron chi connectivity index (χ2n) is 9.97. The summed E-state index contributed by atoms with van der Waals surface area (Å²) in [5, 5.41) is 48.5. The van der Waals surface area contributed by atoms with Crippen LogP contribution in [0, 0.1) is 0 Å². The van der Waals surface area contributed by atoms with E-state index in [0.717, 1.165) is 0 Å². The number of benzene rings is 1. The molecule has 16 nitrogen and oxygen atoms in total. The van der Waals surface area contributed by atoms with E-state index in [4.69, 9.17) is 5.73 Å². The van der Waals surface area contributed by atoms with Crippen LogP contribution in [0.5, 0.6) is 5.75 Å². The number of phenolic OH excluding ortho intramolecular Hbond substituents is 1. The monoisotopic (exact) mass is 637 g/mol. The standard InChI is InChI=1S/C27H39N7O9S/c1-14(36)22(34-25(40)20(32-23(38)18(28)12-35)9-15-3-5-17(37)6-4-15)26(41)31-19(7-8-44-2)24(39)33-21(27(42)43)10-16-11-29-13-30-16/h3-6,11,13-14,18-22,35-37H,7-10,12,28H2,1-2H3,(H,29,30)(H,31,41)(H,32,38)(H,33,39)(H,34,40)(H,42,43)/t14-,18+,19+,20+,21+,22+/m1/s1. The van der Waals surface area contributed by atoms with Gasteiger partial charge in [-0.15, -0.1) is 0 Å². The van der Waals surface area contributed by atoms with Gasteiger partial charge in [-0.1, -0.05) is 12.1 Å². The van der Waals surface area contributed by atoms with E-state index < -0.39 is 72.5 Å². The summed E-state index contributed by atoms with van der Waals surface area (Å²) < 4.78 is 0. The average molecular weight is 638 g/mol. The third-order valence-corrected chi connectivity index (χ3v) is 7.09. The number of hydrogen-bond donors (Lipinski definition) is 10. The van der Waals surface area contributed by atoms with Gasteiger partial charge in [0.2, 0.25) is 23.6 Å². The van der Waals surface area contributed by atoms with Crippen molar-refractivity contribution >= 4 is 41.4 Å². The first-order valence-corrected chi connectivity index (χ1v) is 15.0. The van der Waals surface area contributed by atoms with E-state index in [1.54, 1.807) is 6.26 Å². The molecule has 6 atom stereocenters. The smallest absolute Gasteiger partial charge is 0.326 e. The number of nitrogens with zero attached hydrogens (tertiary/aromatic N) is 1. The highest BCUT2D eigenvalue weighted by atomic mass is 32.2. The molecule has 2 rings (SSSR count). The SMILES string of the molecule is CSCC[C@H](NC(=O)[C@@H](NC(=O)[C@H](Cc1ccc(O)cc1)NC(=O)[C@@H](N)CO)[C@@H](C)O)C(=O)N[C@@H](Cc1cnc[nH]1)C(=O)O. The molecular weight excluding hydrogens is 598 g/mol. The summed E-state index contributed by atoms with van der Waals surface area (Å²) in [6.07, 6.45) is 3.01. The van der Waals surface area contributed by atoms with Gasteiger partial charge in [0.1, 0.15) is 36.0 Å². The number of carbonyl (C=O) groups excluding carboxylic acids is 4. The zero-order valence-electron chi connectivity index (χ0n) is 24.2. The van der Waals surface area contributed by atoms with Crippen molar-refractivity contribution in [3.63, 3.8) is 0 Å². The summed E-state index contributed by atoms with van der Waals surface area (Å²) in [6, 6.07) is -1.00. The number of amides is 4. The van der Waals surface area contributed by atoms with Crippen LogP contribution in [0.1, 0.15) is 24.6 Å². The lowest BCUT2D eigenvalue weighted by Crippen LogP contribution is -2.61. The first-order valence-electron chi connectivity index (χ1n) is 13.6. The number of aromatic amines is 1. The number of thioether (sulfide) groups is 1. The fourth-order valence-electron chi connectivity index (χ4n) is 3.95. The maximum atomic E-state index is 13.3. The van der Waals surface area contributed by atoms with Gasteiger partial charge in [0.15, 0.2) is 0 Å². The lowest BCUT2D eigenvalue weighted by molar-refractivity contribution is -0.142. The molecule has 1 heterocycles. The summed E-state index contributed by atoms with van der Waals surface area (Å²) in [5.41, 5.74) is 6.57. The normalized spacial score (nSPS) is 15.1. The lowest BCUT2D eigenvalue weighted by Gasteiger charge is -2.27. The minimum absolute atomic E-state index is 0.0250.